The van der Waals surface area contributed by atoms with Crippen LogP contribution in [-0.2, 0) is 4.43 Å². The van der Waals surface area contributed by atoms with Crippen LogP contribution in [0.1, 0.15) is 6.42 Å². The summed E-state index contributed by atoms with van der Waals surface area (Å²) in [4.78, 5) is 0. The fourth-order valence-electron chi connectivity index (χ4n) is 4.45. The number of rotatable bonds is 13. The molecule has 0 atom stereocenters. The van der Waals surface area contributed by atoms with E-state index in [1.54, 1.807) is 0 Å². The number of halogens is 17. The Labute approximate surface area is 359 Å². The van der Waals surface area contributed by atoms with Crippen molar-refractivity contribution in [2.75, 3.05) is 6.61 Å². The minimum absolute atomic E-state index is 0.151. The Balaban J connectivity index is 2.05. The first-order valence-electron chi connectivity index (χ1n) is 12.8. The van der Waals surface area contributed by atoms with Crippen LogP contribution in [0.5, 0.6) is 0 Å². The van der Waals surface area contributed by atoms with Crippen LogP contribution in [0.4, 0.5) is 0 Å². The van der Waals surface area contributed by atoms with E-state index in [0.29, 0.717) is 0 Å². The maximum absolute atomic E-state index is 6.85. The van der Waals surface area contributed by atoms with Gasteiger partial charge in [0.15, 0.2) is 26.0 Å². The van der Waals surface area contributed by atoms with Crippen LogP contribution in [0.2, 0.25) is 0 Å². The molecule has 260 valence electrons. The standard InChI is InChI=1S/C28H19Cl17OSi/c29-21(30,22(31,32)23(33,34)24(35,36)25(37,38)26(39,40)27(41,42)28(43,44)45)16-17-46-47(18-10-4-1-5-11-18,19-12-6-2-7-13-19)20-14-8-3-9-15-20/h1-15H,16-17H2. The highest BCUT2D eigenvalue weighted by Crippen LogP contribution is 2.72. The van der Waals surface area contributed by atoms with Gasteiger partial charge in [0.1, 0.15) is 0 Å². The second-order valence-corrected chi connectivity index (χ2v) is 25.1. The van der Waals surface area contributed by atoms with Crippen molar-refractivity contribution in [1.82, 2.24) is 0 Å². The van der Waals surface area contributed by atoms with Crippen LogP contribution in [0, 0.1) is 0 Å². The summed E-state index contributed by atoms with van der Waals surface area (Å²) in [6.45, 7) is -0.151. The summed E-state index contributed by atoms with van der Waals surface area (Å²) in [5.74, 6) is 0. The first kappa shape index (κ1) is 44.2. The molecule has 3 aromatic carbocycles. The second kappa shape index (κ2) is 15.9. The lowest BCUT2D eigenvalue weighted by atomic mass is 10.0. The zero-order chi connectivity index (χ0) is 36.0. The lowest BCUT2D eigenvalue weighted by Gasteiger charge is -2.54. The zero-order valence-corrected chi connectivity index (χ0v) is 36.8. The normalized spacial score (nSPS) is 14.7. The quantitative estimate of drug-likeness (QED) is 0.0942. The predicted octanol–water partition coefficient (Wildman–Crippen LogP) is 12.6. The summed E-state index contributed by atoms with van der Waals surface area (Å²) in [5, 5.41) is 2.77. The molecule has 0 amide bonds. The number of benzene rings is 3. The van der Waals surface area contributed by atoms with E-state index in [-0.39, 0.29) is 13.0 Å². The molecule has 1 nitrogen and oxygen atoms in total. The molecule has 0 heterocycles. The fraction of sp³-hybridized carbons (Fsp3) is 0.357. The van der Waals surface area contributed by atoms with E-state index in [9.17, 15) is 0 Å². The van der Waals surface area contributed by atoms with Gasteiger partial charge in [0.05, 0.1) is 0 Å². The molecule has 0 unspecified atom stereocenters. The van der Waals surface area contributed by atoms with E-state index >= 15 is 0 Å². The van der Waals surface area contributed by atoms with Crippen molar-refractivity contribution in [1.29, 1.82) is 0 Å². The highest BCUT2D eigenvalue weighted by Gasteiger charge is 2.81. The van der Waals surface area contributed by atoms with Gasteiger partial charge in [0, 0.05) is 13.0 Å². The van der Waals surface area contributed by atoms with E-state index < -0.39 is 42.4 Å². The molecule has 0 aliphatic heterocycles. The predicted molar refractivity (Wildman–Crippen MR) is 216 cm³/mol. The maximum atomic E-state index is 6.85. The summed E-state index contributed by atoms with van der Waals surface area (Å²) < 4.78 is -15.6. The number of hydrogen-bond acceptors (Lipinski definition) is 1. The molecule has 0 spiro atoms. The van der Waals surface area contributed by atoms with Gasteiger partial charge < -0.3 is 4.43 Å². The smallest absolute Gasteiger partial charge is 0.288 e. The molecule has 47 heavy (non-hydrogen) atoms. The minimum Gasteiger partial charge on any atom is -0.404 e. The van der Waals surface area contributed by atoms with E-state index in [1.165, 1.54) is 0 Å². The molecule has 0 N–H and O–H groups in total. The molecule has 0 bridgehead atoms. The van der Waals surface area contributed by atoms with Crippen LogP contribution >= 0.6 is 197 Å². The molecule has 3 rings (SSSR count). The Hall–Kier alpha value is 2.77. The fourth-order valence-corrected chi connectivity index (χ4v) is 13.5. The minimum atomic E-state index is -3.22. The van der Waals surface area contributed by atoms with Gasteiger partial charge in [0.2, 0.25) is 8.13 Å². The molecule has 0 saturated carbocycles. The lowest BCUT2D eigenvalue weighted by molar-refractivity contribution is 0.298. The summed E-state index contributed by atoms with van der Waals surface area (Å²) in [7, 11) is -3.22. The zero-order valence-electron chi connectivity index (χ0n) is 22.9. The highest BCUT2D eigenvalue weighted by molar-refractivity contribution is 7.07. The first-order valence-corrected chi connectivity index (χ1v) is 21.1. The van der Waals surface area contributed by atoms with E-state index in [1.807, 2.05) is 91.0 Å². The van der Waals surface area contributed by atoms with Crippen molar-refractivity contribution in [3.8, 4) is 0 Å². The van der Waals surface area contributed by atoms with Crippen molar-refractivity contribution < 1.29 is 4.43 Å². The van der Waals surface area contributed by atoms with Gasteiger partial charge in [-0.3, -0.25) is 0 Å². The van der Waals surface area contributed by atoms with Crippen molar-refractivity contribution >= 4 is 221 Å². The molecule has 0 saturated heterocycles. The third-order valence-electron chi connectivity index (χ3n) is 7.06. The van der Waals surface area contributed by atoms with Crippen molar-refractivity contribution in [2.45, 2.75) is 40.5 Å². The SMILES string of the molecule is ClC(Cl)(Cl)C(Cl)(Cl)C(Cl)(Cl)C(Cl)(Cl)C(Cl)(Cl)C(Cl)(Cl)C(Cl)(Cl)C(Cl)(Cl)CCO[Si](c1ccccc1)(c1ccccc1)c1ccccc1. The summed E-state index contributed by atoms with van der Waals surface area (Å²) >= 11 is 110. The monoisotopic (exact) mass is 994 g/mol. The maximum Gasteiger partial charge on any atom is 0.288 e. The third kappa shape index (κ3) is 7.96. The van der Waals surface area contributed by atoms with Gasteiger partial charge in [-0.05, 0) is 15.6 Å². The van der Waals surface area contributed by atoms with Crippen LogP contribution < -0.4 is 15.6 Å². The third-order valence-corrected chi connectivity index (χ3v) is 22.7. The summed E-state index contributed by atoms with van der Waals surface area (Å²) in [5.41, 5.74) is 0. The Morgan fingerprint density at radius 1 is 0.383 bits per heavy atom. The molecule has 0 aliphatic carbocycles. The van der Waals surface area contributed by atoms with Gasteiger partial charge in [-0.1, -0.05) is 288 Å². The molecule has 0 fully saturated rings. The molecule has 0 radical (unpaired) electrons. The van der Waals surface area contributed by atoms with E-state index in [0.717, 1.165) is 15.6 Å². The summed E-state index contributed by atoms with van der Waals surface area (Å²) in [6, 6.07) is 29.0. The Morgan fingerprint density at radius 2 is 0.660 bits per heavy atom. The Bertz CT molecular complexity index is 1380. The summed E-state index contributed by atoms with van der Waals surface area (Å²) in [6.07, 6.45) is -0.316. The van der Waals surface area contributed by atoms with Gasteiger partial charge >= 0.3 is 0 Å². The molecule has 0 aliphatic rings. The van der Waals surface area contributed by atoms with Gasteiger partial charge in [-0.25, -0.2) is 0 Å². The second-order valence-electron chi connectivity index (χ2n) is 10.0. The Morgan fingerprint density at radius 3 is 0.957 bits per heavy atom. The van der Waals surface area contributed by atoms with Crippen molar-refractivity contribution in [3.05, 3.63) is 91.0 Å². The van der Waals surface area contributed by atoms with Gasteiger partial charge in [-0.15, -0.1) is 0 Å². The van der Waals surface area contributed by atoms with Crippen molar-refractivity contribution in [2.24, 2.45) is 0 Å². The average Bonchev–Trinajstić information content (AvgIpc) is 2.99. The van der Waals surface area contributed by atoms with Crippen LogP contribution in [0.15, 0.2) is 91.0 Å². The van der Waals surface area contributed by atoms with E-state index in [2.05, 4.69) is 0 Å². The largest absolute Gasteiger partial charge is 0.404 e. The number of hydrogen-bond donors (Lipinski definition) is 0. The Kier molecular flexibility index (Phi) is 14.9. The van der Waals surface area contributed by atoms with Crippen LogP contribution in [0.25, 0.3) is 0 Å². The molecule has 3 aromatic rings. The molecular weight excluding hydrogens is 983 g/mol. The van der Waals surface area contributed by atoms with E-state index in [4.69, 9.17) is 202 Å². The first-order chi connectivity index (χ1) is 21.3. The highest BCUT2D eigenvalue weighted by atomic mass is 35.6. The molecule has 0 aromatic heterocycles. The average molecular weight is 1000 g/mol. The van der Waals surface area contributed by atoms with Crippen LogP contribution in [0.3, 0.4) is 0 Å². The molecular formula is C28H19Cl17OSi. The lowest BCUT2D eigenvalue weighted by Crippen LogP contribution is -2.70. The molecule has 19 heteroatoms. The van der Waals surface area contributed by atoms with Crippen molar-refractivity contribution in [3.63, 3.8) is 0 Å². The number of alkyl halides is 17. The van der Waals surface area contributed by atoms with Crippen LogP contribution in [-0.4, -0.2) is 49.1 Å². The van der Waals surface area contributed by atoms with Gasteiger partial charge in [-0.2, -0.15) is 0 Å². The van der Waals surface area contributed by atoms with Gasteiger partial charge in [0.25, 0.3) is 8.32 Å². The topological polar surface area (TPSA) is 9.23 Å².